The van der Waals surface area contributed by atoms with Crippen LogP contribution in [0.25, 0.3) is 0 Å². The molecule has 2 saturated carbocycles. The van der Waals surface area contributed by atoms with Gasteiger partial charge in [-0.15, -0.1) is 0 Å². The van der Waals surface area contributed by atoms with Gasteiger partial charge in [-0.05, 0) is 73.3 Å². The summed E-state index contributed by atoms with van der Waals surface area (Å²) in [4.78, 5) is 41.4. The quantitative estimate of drug-likeness (QED) is 0.309. The number of nitrogens with zero attached hydrogens (tertiary/aromatic N) is 1. The molecule has 1 heterocycles. The lowest BCUT2D eigenvalue weighted by molar-refractivity contribution is -0.138. The fourth-order valence-corrected chi connectivity index (χ4v) is 8.12. The van der Waals surface area contributed by atoms with E-state index in [0.29, 0.717) is 71.6 Å². The zero-order chi connectivity index (χ0) is 31.7. The number of amides is 2. The molecule has 6 rings (SSSR count). The lowest BCUT2D eigenvalue weighted by Crippen LogP contribution is -2.56. The molecule has 10 nitrogen and oxygen atoms in total. The van der Waals surface area contributed by atoms with Gasteiger partial charge in [0.05, 0.1) is 32.8 Å². The van der Waals surface area contributed by atoms with Gasteiger partial charge < -0.3 is 34.6 Å². The van der Waals surface area contributed by atoms with E-state index in [2.05, 4.69) is 5.32 Å². The Kier molecular flexibility index (Phi) is 9.14. The molecule has 7 atom stereocenters. The average molecular weight is 619 g/mol. The normalized spacial score (nSPS) is 27.6. The molecule has 2 fully saturated rings. The number of carbonyl (C=O) groups is 3. The number of methoxy groups -OCH3 is 2. The zero-order valence-corrected chi connectivity index (χ0v) is 25.8. The number of nitrogens with one attached hydrogen (secondary N) is 1. The van der Waals surface area contributed by atoms with Crippen LogP contribution in [0.4, 0.5) is 0 Å². The fraction of sp³-hybridized carbons (Fsp3) is 0.514. The highest BCUT2D eigenvalue weighted by molar-refractivity contribution is 5.96. The molecule has 240 valence electrons. The van der Waals surface area contributed by atoms with Crippen LogP contribution in [-0.4, -0.2) is 85.4 Å². The van der Waals surface area contributed by atoms with Gasteiger partial charge in [-0.2, -0.15) is 0 Å². The lowest BCUT2D eigenvalue weighted by atomic mass is 9.77. The van der Waals surface area contributed by atoms with E-state index in [1.807, 2.05) is 24.3 Å². The minimum absolute atomic E-state index is 0.0346. The minimum atomic E-state index is -1.18. The summed E-state index contributed by atoms with van der Waals surface area (Å²) in [6.45, 7) is 0.0854. The summed E-state index contributed by atoms with van der Waals surface area (Å²) in [6.07, 6.45) is 5.79. The van der Waals surface area contributed by atoms with Crippen LogP contribution in [0.5, 0.6) is 17.2 Å². The van der Waals surface area contributed by atoms with Crippen molar-refractivity contribution in [2.45, 2.75) is 62.7 Å². The lowest BCUT2D eigenvalue weighted by Gasteiger charge is -2.41. The second-order valence-electron chi connectivity index (χ2n) is 12.7. The number of hydrogen-bond donors (Lipinski definition) is 3. The van der Waals surface area contributed by atoms with Gasteiger partial charge in [-0.1, -0.05) is 24.6 Å². The van der Waals surface area contributed by atoms with Gasteiger partial charge in [-0.3, -0.25) is 14.4 Å². The Balaban J connectivity index is 1.38. The number of ether oxygens (including phenoxy) is 3. The van der Waals surface area contributed by atoms with Gasteiger partial charge in [-0.25, -0.2) is 0 Å². The molecule has 4 aliphatic rings. The predicted molar refractivity (Wildman–Crippen MR) is 165 cm³/mol. The van der Waals surface area contributed by atoms with E-state index < -0.39 is 30.1 Å². The van der Waals surface area contributed by atoms with Gasteiger partial charge in [0.25, 0.3) is 0 Å². The van der Waals surface area contributed by atoms with Crippen molar-refractivity contribution in [1.82, 2.24) is 10.2 Å². The Hall–Kier alpha value is -3.89. The molecule has 3 aliphatic carbocycles. The van der Waals surface area contributed by atoms with E-state index in [-0.39, 0.29) is 19.1 Å². The van der Waals surface area contributed by atoms with Crippen molar-refractivity contribution in [3.8, 4) is 17.2 Å². The van der Waals surface area contributed by atoms with Crippen LogP contribution in [0.1, 0.15) is 59.5 Å². The summed E-state index contributed by atoms with van der Waals surface area (Å²) in [7, 11) is 3.08. The van der Waals surface area contributed by atoms with Gasteiger partial charge in [0.2, 0.25) is 11.8 Å². The van der Waals surface area contributed by atoms with Crippen molar-refractivity contribution in [1.29, 1.82) is 0 Å². The smallest absolute Gasteiger partial charge is 0.247 e. The maximum Gasteiger partial charge on any atom is 0.247 e. The van der Waals surface area contributed by atoms with Crippen molar-refractivity contribution in [2.75, 3.05) is 33.9 Å². The van der Waals surface area contributed by atoms with Crippen molar-refractivity contribution in [3.05, 3.63) is 64.7 Å². The number of carbonyl (C=O) groups excluding carboxylic acids is 3. The molecular formula is C35H42N2O8. The molecular weight excluding hydrogens is 576 g/mol. The summed E-state index contributed by atoms with van der Waals surface area (Å²) < 4.78 is 17.4. The monoisotopic (exact) mass is 618 g/mol. The number of aldehydes is 1. The Morgan fingerprint density at radius 3 is 2.60 bits per heavy atom. The number of hydrogen-bond acceptors (Lipinski definition) is 8. The van der Waals surface area contributed by atoms with Crippen LogP contribution in [0.15, 0.2) is 48.0 Å². The number of para-hydroxylation sites is 1. The van der Waals surface area contributed by atoms with Crippen molar-refractivity contribution >= 4 is 18.1 Å². The van der Waals surface area contributed by atoms with E-state index in [4.69, 9.17) is 14.2 Å². The van der Waals surface area contributed by atoms with E-state index in [1.165, 1.54) is 20.0 Å². The molecule has 10 heteroatoms. The highest BCUT2D eigenvalue weighted by atomic mass is 16.5. The second kappa shape index (κ2) is 13.2. The Bertz CT molecular complexity index is 1470. The van der Waals surface area contributed by atoms with E-state index in [0.717, 1.165) is 24.2 Å². The third-order valence-corrected chi connectivity index (χ3v) is 10.2. The van der Waals surface area contributed by atoms with Crippen LogP contribution in [0, 0.1) is 17.8 Å². The third-order valence-electron chi connectivity index (χ3n) is 10.2. The van der Waals surface area contributed by atoms with Gasteiger partial charge >= 0.3 is 0 Å². The Labute approximate surface area is 263 Å². The topological polar surface area (TPSA) is 135 Å². The number of rotatable bonds is 12. The third kappa shape index (κ3) is 5.93. The predicted octanol–water partition coefficient (Wildman–Crippen LogP) is 3.04. The molecule has 2 aromatic rings. The summed E-state index contributed by atoms with van der Waals surface area (Å²) in [6, 6.07) is 10.0. The van der Waals surface area contributed by atoms with Crippen LogP contribution in [-0.2, 0) is 16.0 Å². The number of aliphatic hydroxyl groups is 2. The van der Waals surface area contributed by atoms with Gasteiger partial charge in [0, 0.05) is 36.2 Å². The Morgan fingerprint density at radius 1 is 1.11 bits per heavy atom. The molecule has 0 aromatic heterocycles. The van der Waals surface area contributed by atoms with Gasteiger partial charge in [0.15, 0.2) is 11.5 Å². The first kappa shape index (κ1) is 31.1. The fourth-order valence-electron chi connectivity index (χ4n) is 8.12. The van der Waals surface area contributed by atoms with Crippen LogP contribution >= 0.6 is 0 Å². The van der Waals surface area contributed by atoms with Crippen LogP contribution in [0.2, 0.25) is 0 Å². The van der Waals surface area contributed by atoms with E-state index >= 15 is 0 Å². The number of benzene rings is 2. The summed E-state index contributed by atoms with van der Waals surface area (Å²) in [5, 5.41) is 24.2. The minimum Gasteiger partial charge on any atom is -0.496 e. The molecule has 7 unspecified atom stereocenters. The molecule has 2 bridgehead atoms. The first-order valence-corrected chi connectivity index (χ1v) is 15.9. The first-order chi connectivity index (χ1) is 21.9. The maximum absolute atomic E-state index is 14.3. The van der Waals surface area contributed by atoms with Crippen LogP contribution < -0.4 is 19.5 Å². The number of aliphatic hydroxyl groups excluding tert-OH is 2. The second-order valence-corrected chi connectivity index (χ2v) is 12.7. The molecule has 1 aliphatic heterocycles. The largest absolute Gasteiger partial charge is 0.496 e. The van der Waals surface area contributed by atoms with Crippen molar-refractivity contribution < 1.29 is 38.8 Å². The van der Waals surface area contributed by atoms with Crippen molar-refractivity contribution in [3.63, 3.8) is 0 Å². The highest BCUT2D eigenvalue weighted by Crippen LogP contribution is 2.52. The molecule has 0 radical (unpaired) electrons. The SMILES string of the molecule is COc1ccccc1CCN(C(=O)CC1CC2CCC1C2)C1C=C(C(=O)NCCO)C2c3cc(C=O)cc(OC)c3OC2C1O. The van der Waals surface area contributed by atoms with Gasteiger partial charge in [0.1, 0.15) is 24.2 Å². The molecule has 45 heavy (non-hydrogen) atoms. The summed E-state index contributed by atoms with van der Waals surface area (Å²) in [5.41, 5.74) is 2.14. The van der Waals surface area contributed by atoms with E-state index in [1.54, 1.807) is 30.2 Å². The van der Waals surface area contributed by atoms with Crippen LogP contribution in [0.3, 0.4) is 0 Å². The maximum atomic E-state index is 14.3. The standard InChI is InChI=1S/C35H42N2O8/c1-43-28-6-4-3-5-22(28)9-11-37(30(40)17-24-14-20-7-8-23(24)13-20)27-18-26(35(42)36-10-12-38)31-25-15-21(19-39)16-29(44-2)33(25)45-34(31)32(27)41/h3-6,15-16,18-20,23-24,27,31-32,34,38,41H,7-14,17H2,1-2H3,(H,36,42). The highest BCUT2D eigenvalue weighted by Gasteiger charge is 2.52. The Morgan fingerprint density at radius 2 is 1.91 bits per heavy atom. The molecule has 2 amide bonds. The zero-order valence-electron chi connectivity index (χ0n) is 25.8. The average Bonchev–Trinajstić information content (AvgIpc) is 3.79. The molecule has 0 spiro atoms. The summed E-state index contributed by atoms with van der Waals surface area (Å²) in [5.74, 6) is 1.74. The van der Waals surface area contributed by atoms with E-state index in [9.17, 15) is 24.6 Å². The first-order valence-electron chi connectivity index (χ1n) is 15.9. The number of fused-ring (bicyclic) bond motifs is 5. The molecule has 0 saturated heterocycles. The summed E-state index contributed by atoms with van der Waals surface area (Å²) >= 11 is 0. The molecule has 2 aromatic carbocycles. The van der Waals surface area contributed by atoms with Crippen molar-refractivity contribution in [2.24, 2.45) is 17.8 Å². The molecule has 3 N–H and O–H groups in total.